The van der Waals surface area contributed by atoms with Gasteiger partial charge >= 0.3 is 0 Å². The Kier molecular flexibility index (Phi) is 7.11. The minimum Gasteiger partial charge on any atom is -0.376 e. The Morgan fingerprint density at radius 2 is 1.97 bits per heavy atom. The van der Waals surface area contributed by atoms with E-state index in [-0.39, 0.29) is 5.92 Å². The number of thiazole rings is 1. The van der Waals surface area contributed by atoms with Crippen molar-refractivity contribution in [2.45, 2.75) is 51.0 Å². The quantitative estimate of drug-likeness (QED) is 0.484. The highest BCUT2D eigenvalue weighted by molar-refractivity contribution is 7.15. The molecule has 1 N–H and O–H groups in total. The van der Waals surface area contributed by atoms with E-state index in [4.69, 9.17) is 4.98 Å². The molecule has 5 rings (SSSR count). The summed E-state index contributed by atoms with van der Waals surface area (Å²) in [4.78, 5) is 19.7. The molecule has 4 heterocycles. The third-order valence-corrected chi connectivity index (χ3v) is 8.59. The minimum atomic E-state index is 0.212. The van der Waals surface area contributed by atoms with E-state index in [9.17, 15) is 0 Å². The molecule has 6 nitrogen and oxygen atoms in total. The molecule has 1 saturated carbocycles. The Labute approximate surface area is 207 Å². The number of piperidine rings is 1. The second kappa shape index (κ2) is 10.4. The van der Waals surface area contributed by atoms with Gasteiger partial charge in [-0.1, -0.05) is 13.3 Å². The fraction of sp³-hybridized carbons (Fsp3) is 0.519. The topological polar surface area (TPSA) is 57.2 Å². The van der Waals surface area contributed by atoms with E-state index in [2.05, 4.69) is 56.4 Å². The molecule has 1 aliphatic carbocycles. The van der Waals surface area contributed by atoms with Crippen LogP contribution < -0.4 is 15.1 Å². The Hall–Kier alpha value is -2.51. The highest BCUT2D eigenvalue weighted by Gasteiger charge is 2.23. The van der Waals surface area contributed by atoms with Crippen LogP contribution in [-0.2, 0) is 0 Å². The van der Waals surface area contributed by atoms with Crippen molar-refractivity contribution in [3.63, 3.8) is 0 Å². The Morgan fingerprint density at radius 3 is 2.71 bits per heavy atom. The molecule has 3 aromatic heterocycles. The van der Waals surface area contributed by atoms with Crippen molar-refractivity contribution in [3.8, 4) is 10.6 Å². The van der Waals surface area contributed by atoms with E-state index in [0.29, 0.717) is 6.04 Å². The van der Waals surface area contributed by atoms with Crippen LogP contribution in [0.15, 0.2) is 43.0 Å². The first-order valence-electron chi connectivity index (χ1n) is 12.6. The van der Waals surface area contributed by atoms with Crippen LogP contribution in [0.4, 0.5) is 11.4 Å². The first-order chi connectivity index (χ1) is 16.6. The van der Waals surface area contributed by atoms with Gasteiger partial charge in [-0.05, 0) is 56.3 Å². The van der Waals surface area contributed by atoms with Gasteiger partial charge in [0.15, 0.2) is 0 Å². The lowest BCUT2D eigenvalue weighted by atomic mass is 9.85. The van der Waals surface area contributed by atoms with E-state index >= 15 is 0 Å². The highest BCUT2D eigenvalue weighted by atomic mass is 32.1. The lowest BCUT2D eigenvalue weighted by molar-refractivity contribution is 0.280. The fourth-order valence-corrected chi connectivity index (χ4v) is 5.77. The van der Waals surface area contributed by atoms with Gasteiger partial charge in [0.1, 0.15) is 5.01 Å². The van der Waals surface area contributed by atoms with E-state index in [1.807, 2.05) is 32.7 Å². The van der Waals surface area contributed by atoms with Crippen LogP contribution in [0.2, 0.25) is 0 Å². The van der Waals surface area contributed by atoms with Gasteiger partial charge in [-0.3, -0.25) is 9.97 Å². The molecule has 0 aromatic carbocycles. The minimum absolute atomic E-state index is 0.212. The van der Waals surface area contributed by atoms with Crippen molar-refractivity contribution in [2.75, 3.05) is 43.5 Å². The standard InChI is InChI=1S/C27H36N6S/c1-19(26-17-31-27(34-26)21-12-24(32(2)3)15-28-14-21)25-10-9-23(16-30-25)33-11-5-8-22(18-33)29-13-20-6-4-7-20/h9-10,12,14-17,19-20,22,29H,4-8,11,13,18H2,1-3H3/t19?,22-/m1/s1. The largest absolute Gasteiger partial charge is 0.376 e. The van der Waals surface area contributed by atoms with E-state index in [1.165, 1.54) is 49.2 Å². The number of hydrogen-bond donors (Lipinski definition) is 1. The monoisotopic (exact) mass is 476 g/mol. The van der Waals surface area contributed by atoms with Crippen LogP contribution >= 0.6 is 11.3 Å². The molecule has 2 fully saturated rings. The molecule has 1 unspecified atom stereocenters. The molecule has 3 aromatic rings. The number of hydrogen-bond acceptors (Lipinski definition) is 7. The summed E-state index contributed by atoms with van der Waals surface area (Å²) in [6.45, 7) is 5.62. The van der Waals surface area contributed by atoms with Crippen LogP contribution in [0.1, 0.15) is 55.5 Å². The molecule has 34 heavy (non-hydrogen) atoms. The van der Waals surface area contributed by atoms with Crippen LogP contribution in [0.25, 0.3) is 10.6 Å². The zero-order valence-corrected chi connectivity index (χ0v) is 21.4. The predicted molar refractivity (Wildman–Crippen MR) is 142 cm³/mol. The maximum Gasteiger partial charge on any atom is 0.125 e. The summed E-state index contributed by atoms with van der Waals surface area (Å²) >= 11 is 1.73. The third kappa shape index (κ3) is 5.26. The first-order valence-corrected chi connectivity index (χ1v) is 13.4. The summed E-state index contributed by atoms with van der Waals surface area (Å²) in [5.41, 5.74) is 4.47. The van der Waals surface area contributed by atoms with E-state index in [1.54, 1.807) is 11.3 Å². The Balaban J connectivity index is 1.22. The van der Waals surface area contributed by atoms with Gasteiger partial charge in [-0.15, -0.1) is 11.3 Å². The number of anilines is 2. The molecule has 0 bridgehead atoms. The molecule has 2 aliphatic rings. The molecule has 7 heteroatoms. The van der Waals surface area contributed by atoms with Gasteiger partial charge in [0.2, 0.25) is 0 Å². The van der Waals surface area contributed by atoms with Crippen molar-refractivity contribution in [2.24, 2.45) is 5.92 Å². The van der Waals surface area contributed by atoms with Gasteiger partial charge in [0.25, 0.3) is 0 Å². The molecular formula is C27H36N6S. The van der Waals surface area contributed by atoms with Crippen molar-refractivity contribution in [1.82, 2.24) is 20.3 Å². The molecule has 2 atom stereocenters. The first kappa shape index (κ1) is 23.2. The van der Waals surface area contributed by atoms with Crippen molar-refractivity contribution in [1.29, 1.82) is 0 Å². The van der Waals surface area contributed by atoms with Crippen LogP contribution in [0.3, 0.4) is 0 Å². The van der Waals surface area contributed by atoms with Crippen molar-refractivity contribution < 1.29 is 0 Å². The maximum absolute atomic E-state index is 4.87. The van der Waals surface area contributed by atoms with Crippen LogP contribution in [-0.4, -0.2) is 54.7 Å². The van der Waals surface area contributed by atoms with Crippen molar-refractivity contribution in [3.05, 3.63) is 53.6 Å². The number of nitrogens with one attached hydrogen (secondary N) is 1. The summed E-state index contributed by atoms with van der Waals surface area (Å²) in [5, 5.41) is 4.83. The second-order valence-electron chi connectivity index (χ2n) is 10.0. The average molecular weight is 477 g/mol. The molecule has 0 spiro atoms. The summed E-state index contributed by atoms with van der Waals surface area (Å²) < 4.78 is 0. The molecule has 0 amide bonds. The third-order valence-electron chi connectivity index (χ3n) is 7.36. The average Bonchev–Trinajstić information content (AvgIpc) is 3.33. The zero-order valence-electron chi connectivity index (χ0n) is 20.6. The van der Waals surface area contributed by atoms with Crippen LogP contribution in [0, 0.1) is 5.92 Å². The van der Waals surface area contributed by atoms with Crippen molar-refractivity contribution >= 4 is 22.7 Å². The number of rotatable bonds is 8. The zero-order chi connectivity index (χ0) is 23.5. The summed E-state index contributed by atoms with van der Waals surface area (Å²) in [6.07, 6.45) is 14.6. The van der Waals surface area contributed by atoms with Gasteiger partial charge in [0.05, 0.1) is 23.8 Å². The van der Waals surface area contributed by atoms with E-state index in [0.717, 1.165) is 41.0 Å². The Bertz CT molecular complexity index is 1070. The summed E-state index contributed by atoms with van der Waals surface area (Å²) in [5.74, 6) is 1.13. The van der Waals surface area contributed by atoms with Gasteiger partial charge in [-0.25, -0.2) is 4.98 Å². The van der Waals surface area contributed by atoms with E-state index < -0.39 is 0 Å². The lowest BCUT2D eigenvalue weighted by Gasteiger charge is -2.36. The highest BCUT2D eigenvalue weighted by Crippen LogP contribution is 2.34. The lowest BCUT2D eigenvalue weighted by Crippen LogP contribution is -2.47. The van der Waals surface area contributed by atoms with Gasteiger partial charge in [-0.2, -0.15) is 0 Å². The van der Waals surface area contributed by atoms with Crippen LogP contribution in [0.5, 0.6) is 0 Å². The normalized spacial score (nSPS) is 19.6. The smallest absolute Gasteiger partial charge is 0.125 e. The summed E-state index contributed by atoms with van der Waals surface area (Å²) in [7, 11) is 4.06. The van der Waals surface area contributed by atoms with Gasteiger partial charge < -0.3 is 15.1 Å². The number of nitrogens with zero attached hydrogens (tertiary/aromatic N) is 5. The molecule has 1 saturated heterocycles. The fourth-order valence-electron chi connectivity index (χ4n) is 4.80. The molecular weight excluding hydrogens is 440 g/mol. The molecule has 1 aliphatic heterocycles. The maximum atomic E-state index is 4.87. The molecule has 180 valence electrons. The number of pyridine rings is 2. The Morgan fingerprint density at radius 1 is 1.09 bits per heavy atom. The molecule has 0 radical (unpaired) electrons. The predicted octanol–water partition coefficient (Wildman–Crippen LogP) is 5.18. The second-order valence-corrected chi connectivity index (χ2v) is 11.1. The SMILES string of the molecule is CC(c1ccc(N2CCC[C@@H](NCC3CCC3)C2)cn1)c1cnc(-c2cncc(N(C)C)c2)s1. The van der Waals surface area contributed by atoms with Gasteiger partial charge in [0, 0.05) is 67.7 Å². The number of aromatic nitrogens is 3. The summed E-state index contributed by atoms with van der Waals surface area (Å²) in [6, 6.07) is 7.18.